The molecule has 0 saturated heterocycles. The second kappa shape index (κ2) is 5.43. The van der Waals surface area contributed by atoms with Gasteiger partial charge in [0, 0.05) is 11.2 Å². The van der Waals surface area contributed by atoms with Gasteiger partial charge in [-0.3, -0.25) is 4.68 Å². The van der Waals surface area contributed by atoms with Crippen molar-refractivity contribution in [3.63, 3.8) is 0 Å². The summed E-state index contributed by atoms with van der Waals surface area (Å²) in [4.78, 5) is 3.76. The molecule has 86 valence electrons. The molecule has 1 heterocycles. The van der Waals surface area contributed by atoms with Crippen LogP contribution in [0.3, 0.4) is 0 Å². The van der Waals surface area contributed by atoms with Crippen molar-refractivity contribution in [3.8, 4) is 0 Å². The van der Waals surface area contributed by atoms with Gasteiger partial charge in [0.15, 0.2) is 0 Å². The molecule has 17 heavy (non-hydrogen) atoms. The standard InChI is InChI=1S/C11H7Cl2N3S/c12-9-4-2-1-3-8(9)5-16-6-10(13)11(15-16)14-7-17/h1-4,6H,5H2. The van der Waals surface area contributed by atoms with Gasteiger partial charge in [-0.15, -0.1) is 0 Å². The van der Waals surface area contributed by atoms with Crippen LogP contribution in [-0.4, -0.2) is 14.9 Å². The highest BCUT2D eigenvalue weighted by Gasteiger charge is 2.07. The third-order valence-electron chi connectivity index (χ3n) is 2.14. The number of rotatable bonds is 3. The van der Waals surface area contributed by atoms with Gasteiger partial charge in [-0.05, 0) is 23.8 Å². The molecule has 0 unspecified atom stereocenters. The van der Waals surface area contributed by atoms with E-state index in [1.807, 2.05) is 24.3 Å². The number of isothiocyanates is 1. The predicted molar refractivity (Wildman–Crippen MR) is 72.5 cm³/mol. The summed E-state index contributed by atoms with van der Waals surface area (Å²) in [7, 11) is 0. The van der Waals surface area contributed by atoms with E-state index in [0.29, 0.717) is 22.4 Å². The lowest BCUT2D eigenvalue weighted by Crippen LogP contribution is -2.00. The van der Waals surface area contributed by atoms with Gasteiger partial charge in [-0.1, -0.05) is 41.4 Å². The zero-order chi connectivity index (χ0) is 12.3. The van der Waals surface area contributed by atoms with Crippen LogP contribution in [0, 0.1) is 0 Å². The average Bonchev–Trinajstić information content (AvgIpc) is 2.63. The summed E-state index contributed by atoms with van der Waals surface area (Å²) in [5.74, 6) is 0.369. The molecular formula is C11H7Cl2N3S. The summed E-state index contributed by atoms with van der Waals surface area (Å²) >= 11 is 16.5. The maximum atomic E-state index is 6.06. The van der Waals surface area contributed by atoms with Gasteiger partial charge in [0.1, 0.15) is 5.02 Å². The minimum atomic E-state index is 0.369. The van der Waals surface area contributed by atoms with Gasteiger partial charge in [-0.2, -0.15) is 10.1 Å². The Hall–Kier alpha value is -1.19. The quantitative estimate of drug-likeness (QED) is 0.630. The van der Waals surface area contributed by atoms with E-state index in [1.165, 1.54) is 0 Å². The fourth-order valence-corrected chi connectivity index (χ4v) is 1.86. The van der Waals surface area contributed by atoms with Gasteiger partial charge in [0.25, 0.3) is 0 Å². The van der Waals surface area contributed by atoms with Gasteiger partial charge in [0.05, 0.1) is 11.7 Å². The molecule has 0 atom stereocenters. The number of aromatic nitrogens is 2. The molecule has 0 amide bonds. The fraction of sp³-hybridized carbons (Fsp3) is 0.0909. The highest BCUT2D eigenvalue weighted by Crippen LogP contribution is 2.23. The van der Waals surface area contributed by atoms with Crippen molar-refractivity contribution in [2.45, 2.75) is 6.54 Å². The lowest BCUT2D eigenvalue weighted by atomic mass is 10.2. The zero-order valence-corrected chi connectivity index (χ0v) is 10.9. The van der Waals surface area contributed by atoms with Crippen molar-refractivity contribution in [1.29, 1.82) is 0 Å². The molecule has 0 fully saturated rings. The predicted octanol–water partition coefficient (Wildman–Crippen LogP) is 3.97. The first kappa shape index (κ1) is 12.3. The Balaban J connectivity index is 2.28. The Kier molecular flexibility index (Phi) is 3.92. The fourth-order valence-electron chi connectivity index (χ4n) is 1.39. The Labute approximate surface area is 114 Å². The maximum absolute atomic E-state index is 6.06. The van der Waals surface area contributed by atoms with Gasteiger partial charge >= 0.3 is 0 Å². The molecule has 0 aliphatic rings. The van der Waals surface area contributed by atoms with E-state index in [2.05, 4.69) is 27.5 Å². The summed E-state index contributed by atoms with van der Waals surface area (Å²) in [5.41, 5.74) is 0.964. The van der Waals surface area contributed by atoms with Crippen LogP contribution in [0.5, 0.6) is 0 Å². The largest absolute Gasteiger partial charge is 0.265 e. The molecule has 0 spiro atoms. The van der Waals surface area contributed by atoms with E-state index in [9.17, 15) is 0 Å². The molecule has 0 aliphatic heterocycles. The molecule has 0 aliphatic carbocycles. The Morgan fingerprint density at radius 2 is 2.06 bits per heavy atom. The summed E-state index contributed by atoms with van der Waals surface area (Å²) in [6.07, 6.45) is 1.68. The minimum absolute atomic E-state index is 0.369. The summed E-state index contributed by atoms with van der Waals surface area (Å²) in [6.45, 7) is 0.534. The van der Waals surface area contributed by atoms with E-state index < -0.39 is 0 Å². The second-order valence-corrected chi connectivity index (χ2v) is 4.29. The van der Waals surface area contributed by atoms with Gasteiger partial charge in [0.2, 0.25) is 5.82 Å². The smallest absolute Gasteiger partial charge is 0.202 e. The van der Waals surface area contributed by atoms with Crippen molar-refractivity contribution < 1.29 is 0 Å². The summed E-state index contributed by atoms with van der Waals surface area (Å²) in [6, 6.07) is 7.56. The average molecular weight is 284 g/mol. The van der Waals surface area contributed by atoms with Crippen LogP contribution in [-0.2, 0) is 6.54 Å². The lowest BCUT2D eigenvalue weighted by Gasteiger charge is -2.03. The van der Waals surface area contributed by atoms with Crippen LogP contribution in [0.25, 0.3) is 0 Å². The highest BCUT2D eigenvalue weighted by atomic mass is 35.5. The molecule has 0 saturated carbocycles. The van der Waals surface area contributed by atoms with E-state index in [0.717, 1.165) is 5.56 Å². The van der Waals surface area contributed by atoms with Crippen molar-refractivity contribution in [3.05, 3.63) is 46.1 Å². The molecule has 6 heteroatoms. The molecule has 3 nitrogen and oxygen atoms in total. The first-order valence-corrected chi connectivity index (χ1v) is 5.91. The molecule has 0 N–H and O–H groups in total. The van der Waals surface area contributed by atoms with Crippen molar-refractivity contribution in [2.24, 2.45) is 4.99 Å². The Morgan fingerprint density at radius 1 is 1.29 bits per heavy atom. The van der Waals surface area contributed by atoms with Crippen LogP contribution in [0.2, 0.25) is 10.0 Å². The third kappa shape index (κ3) is 2.93. The Bertz CT molecular complexity index is 588. The van der Waals surface area contributed by atoms with Crippen molar-refractivity contribution in [2.75, 3.05) is 0 Å². The number of hydrogen-bond acceptors (Lipinski definition) is 3. The number of aliphatic imine (C=N–C) groups is 1. The molecule has 0 bridgehead atoms. The SMILES string of the molecule is S=C=Nc1nn(Cc2ccccc2Cl)cc1Cl. The van der Waals surface area contributed by atoms with Gasteiger partial charge < -0.3 is 0 Å². The Morgan fingerprint density at radius 3 is 2.76 bits per heavy atom. The third-order valence-corrected chi connectivity index (χ3v) is 2.87. The lowest BCUT2D eigenvalue weighted by molar-refractivity contribution is 0.688. The van der Waals surface area contributed by atoms with Crippen LogP contribution >= 0.6 is 35.4 Å². The first-order chi connectivity index (χ1) is 8.20. The topological polar surface area (TPSA) is 30.2 Å². The zero-order valence-electron chi connectivity index (χ0n) is 8.60. The number of benzene rings is 1. The first-order valence-electron chi connectivity index (χ1n) is 4.75. The normalized spacial score (nSPS) is 10.0. The van der Waals surface area contributed by atoms with Crippen molar-refractivity contribution >= 4 is 46.4 Å². The van der Waals surface area contributed by atoms with Crippen LogP contribution in [0.4, 0.5) is 5.82 Å². The minimum Gasteiger partial charge on any atom is -0.265 e. The van der Waals surface area contributed by atoms with Gasteiger partial charge in [-0.25, -0.2) is 0 Å². The summed E-state index contributed by atoms with van der Waals surface area (Å²) in [5, 5.41) is 7.53. The number of hydrogen-bond donors (Lipinski definition) is 0. The van der Waals surface area contributed by atoms with Crippen molar-refractivity contribution in [1.82, 2.24) is 9.78 Å². The van der Waals surface area contributed by atoms with E-state index >= 15 is 0 Å². The maximum Gasteiger partial charge on any atom is 0.202 e. The number of nitrogens with zero attached hydrogens (tertiary/aromatic N) is 3. The number of thiocarbonyl (C=S) groups is 1. The molecule has 2 aromatic rings. The molecule has 1 aromatic heterocycles. The van der Waals surface area contributed by atoms with E-state index in [-0.39, 0.29) is 0 Å². The summed E-state index contributed by atoms with van der Waals surface area (Å²) < 4.78 is 1.66. The monoisotopic (exact) mass is 283 g/mol. The molecule has 0 radical (unpaired) electrons. The van der Waals surface area contributed by atoms with Crippen LogP contribution < -0.4 is 0 Å². The molecule has 2 rings (SSSR count). The van der Waals surface area contributed by atoms with Crippen LogP contribution in [0.1, 0.15) is 5.56 Å². The highest BCUT2D eigenvalue weighted by molar-refractivity contribution is 7.78. The van der Waals surface area contributed by atoms with Crippen LogP contribution in [0.15, 0.2) is 35.5 Å². The second-order valence-electron chi connectivity index (χ2n) is 3.29. The number of halogens is 2. The molecule has 1 aromatic carbocycles. The van der Waals surface area contributed by atoms with E-state index in [4.69, 9.17) is 23.2 Å². The molecular weight excluding hydrogens is 277 g/mol. The van der Waals surface area contributed by atoms with E-state index in [1.54, 1.807) is 10.9 Å².